The zero-order chi connectivity index (χ0) is 15.2. The highest BCUT2D eigenvalue weighted by atomic mass is 16.6. The van der Waals surface area contributed by atoms with Gasteiger partial charge in [0.2, 0.25) is 0 Å². The molecular weight excluding hydrogens is 268 g/mol. The van der Waals surface area contributed by atoms with Gasteiger partial charge >= 0.3 is 0 Å². The number of likely N-dealkylation sites (tertiary alicyclic amines) is 1. The van der Waals surface area contributed by atoms with Gasteiger partial charge in [0.15, 0.2) is 5.78 Å². The second-order valence-electron chi connectivity index (χ2n) is 5.61. The minimum absolute atomic E-state index is 0.0211. The Bertz CT molecular complexity index is 499. The largest absolute Gasteiger partial charge is 0.293 e. The number of nitrogens with zero attached hydrogens (tertiary/aromatic N) is 2. The number of carbonyl (C=O) groups is 1. The van der Waals surface area contributed by atoms with Crippen LogP contribution in [0.25, 0.3) is 0 Å². The number of hydrogen-bond acceptors (Lipinski definition) is 4. The maximum absolute atomic E-state index is 12.4. The summed E-state index contributed by atoms with van der Waals surface area (Å²) >= 11 is 0. The molecule has 0 saturated carbocycles. The van der Waals surface area contributed by atoms with Crippen molar-refractivity contribution in [1.29, 1.82) is 0 Å². The summed E-state index contributed by atoms with van der Waals surface area (Å²) in [7, 11) is 0. The van der Waals surface area contributed by atoms with E-state index in [0.717, 1.165) is 25.8 Å². The van der Waals surface area contributed by atoms with Gasteiger partial charge in [-0.15, -0.1) is 0 Å². The Kier molecular flexibility index (Phi) is 5.44. The van der Waals surface area contributed by atoms with Gasteiger partial charge < -0.3 is 0 Å². The SMILES string of the molecule is CCC1CCCCCN1CC(=O)c1ccc([N+](=O)[O-])cc1. The first kappa shape index (κ1) is 15.6. The number of nitro benzene ring substituents is 1. The van der Waals surface area contributed by atoms with Gasteiger partial charge in [-0.05, 0) is 37.9 Å². The van der Waals surface area contributed by atoms with Crippen molar-refractivity contribution in [3.05, 3.63) is 39.9 Å². The second kappa shape index (κ2) is 7.31. The quantitative estimate of drug-likeness (QED) is 0.473. The van der Waals surface area contributed by atoms with Crippen LogP contribution in [0.3, 0.4) is 0 Å². The van der Waals surface area contributed by atoms with E-state index in [1.165, 1.54) is 25.0 Å². The Morgan fingerprint density at radius 2 is 2.00 bits per heavy atom. The molecule has 1 unspecified atom stereocenters. The predicted octanol–water partition coefficient (Wildman–Crippen LogP) is 3.43. The van der Waals surface area contributed by atoms with Crippen molar-refractivity contribution in [3.8, 4) is 0 Å². The molecule has 1 aliphatic heterocycles. The van der Waals surface area contributed by atoms with Gasteiger partial charge in [-0.2, -0.15) is 0 Å². The number of ketones is 1. The standard InChI is InChI=1S/C16H22N2O3/c1-2-14-6-4-3-5-11-17(14)12-16(19)13-7-9-15(10-8-13)18(20)21/h7-10,14H,2-6,11-12H2,1H3. The fraction of sp³-hybridized carbons (Fsp3) is 0.562. The van der Waals surface area contributed by atoms with Crippen LogP contribution in [0.5, 0.6) is 0 Å². The van der Waals surface area contributed by atoms with Crippen molar-refractivity contribution in [2.45, 2.75) is 45.1 Å². The maximum atomic E-state index is 12.4. The van der Waals surface area contributed by atoms with E-state index in [2.05, 4.69) is 11.8 Å². The number of rotatable bonds is 5. The van der Waals surface area contributed by atoms with Crippen LogP contribution in [0, 0.1) is 10.1 Å². The monoisotopic (exact) mass is 290 g/mol. The fourth-order valence-electron chi connectivity index (χ4n) is 2.95. The smallest absolute Gasteiger partial charge is 0.269 e. The van der Waals surface area contributed by atoms with Gasteiger partial charge in [0.25, 0.3) is 5.69 Å². The van der Waals surface area contributed by atoms with Crippen LogP contribution in [-0.2, 0) is 0 Å². The zero-order valence-corrected chi connectivity index (χ0v) is 12.5. The highest BCUT2D eigenvalue weighted by Crippen LogP contribution is 2.20. The lowest BCUT2D eigenvalue weighted by Crippen LogP contribution is -2.38. The summed E-state index contributed by atoms with van der Waals surface area (Å²) in [5.41, 5.74) is 0.576. The third-order valence-corrected chi connectivity index (χ3v) is 4.22. The Morgan fingerprint density at radius 3 is 2.62 bits per heavy atom. The lowest BCUT2D eigenvalue weighted by atomic mass is 10.1. The lowest BCUT2D eigenvalue weighted by molar-refractivity contribution is -0.384. The molecule has 1 heterocycles. The van der Waals surface area contributed by atoms with Crippen LogP contribution in [0.15, 0.2) is 24.3 Å². The molecule has 5 nitrogen and oxygen atoms in total. The first-order chi connectivity index (χ1) is 10.1. The molecule has 1 aromatic carbocycles. The van der Waals surface area contributed by atoms with E-state index in [9.17, 15) is 14.9 Å². The summed E-state index contributed by atoms with van der Waals surface area (Å²) in [6.07, 6.45) is 5.83. The summed E-state index contributed by atoms with van der Waals surface area (Å²) in [5.74, 6) is 0.0465. The average Bonchev–Trinajstić information content (AvgIpc) is 2.72. The van der Waals surface area contributed by atoms with Crippen molar-refractivity contribution in [2.75, 3.05) is 13.1 Å². The molecule has 1 aliphatic rings. The number of carbonyl (C=O) groups excluding carboxylic acids is 1. The number of hydrogen-bond donors (Lipinski definition) is 0. The van der Waals surface area contributed by atoms with E-state index in [1.807, 2.05) is 0 Å². The van der Waals surface area contributed by atoms with Crippen molar-refractivity contribution in [3.63, 3.8) is 0 Å². The molecule has 2 rings (SSSR count). The normalized spacial score (nSPS) is 20.0. The summed E-state index contributed by atoms with van der Waals surface area (Å²) in [6, 6.07) is 6.38. The molecule has 1 saturated heterocycles. The molecule has 1 fully saturated rings. The summed E-state index contributed by atoms with van der Waals surface area (Å²) in [6.45, 7) is 3.55. The minimum Gasteiger partial charge on any atom is -0.293 e. The third kappa shape index (κ3) is 4.11. The van der Waals surface area contributed by atoms with Crippen LogP contribution >= 0.6 is 0 Å². The molecule has 1 atom stereocenters. The van der Waals surface area contributed by atoms with E-state index in [4.69, 9.17) is 0 Å². The Hall–Kier alpha value is -1.75. The molecule has 5 heteroatoms. The Balaban J connectivity index is 2.03. The number of non-ortho nitro benzene ring substituents is 1. The first-order valence-electron chi connectivity index (χ1n) is 7.63. The summed E-state index contributed by atoms with van der Waals surface area (Å²) in [4.78, 5) is 24.8. The van der Waals surface area contributed by atoms with E-state index < -0.39 is 4.92 Å². The Labute approximate surface area is 125 Å². The topological polar surface area (TPSA) is 63.5 Å². The molecule has 114 valence electrons. The third-order valence-electron chi connectivity index (χ3n) is 4.22. The van der Waals surface area contributed by atoms with E-state index in [1.54, 1.807) is 12.1 Å². The van der Waals surface area contributed by atoms with Crippen molar-refractivity contribution < 1.29 is 9.72 Å². The number of Topliss-reactive ketones (excluding diaryl/α,β-unsaturated/α-hetero) is 1. The van der Waals surface area contributed by atoms with E-state index in [0.29, 0.717) is 18.2 Å². The first-order valence-corrected chi connectivity index (χ1v) is 7.63. The molecule has 0 aromatic heterocycles. The summed E-state index contributed by atoms with van der Waals surface area (Å²) in [5, 5.41) is 10.6. The maximum Gasteiger partial charge on any atom is 0.269 e. The molecule has 0 amide bonds. The van der Waals surface area contributed by atoms with Gasteiger partial charge in [0.05, 0.1) is 11.5 Å². The number of nitro groups is 1. The average molecular weight is 290 g/mol. The van der Waals surface area contributed by atoms with Gasteiger partial charge in [0.1, 0.15) is 0 Å². The molecule has 0 bridgehead atoms. The lowest BCUT2D eigenvalue weighted by Gasteiger charge is -2.28. The van der Waals surface area contributed by atoms with E-state index >= 15 is 0 Å². The molecule has 21 heavy (non-hydrogen) atoms. The van der Waals surface area contributed by atoms with Crippen LogP contribution in [0.2, 0.25) is 0 Å². The molecule has 0 radical (unpaired) electrons. The van der Waals surface area contributed by atoms with Crippen molar-refractivity contribution in [1.82, 2.24) is 4.90 Å². The molecule has 1 aromatic rings. The Morgan fingerprint density at radius 1 is 1.29 bits per heavy atom. The number of benzene rings is 1. The zero-order valence-electron chi connectivity index (χ0n) is 12.5. The van der Waals surface area contributed by atoms with Crippen LogP contribution in [0.1, 0.15) is 49.4 Å². The fourth-order valence-corrected chi connectivity index (χ4v) is 2.95. The second-order valence-corrected chi connectivity index (χ2v) is 5.61. The highest BCUT2D eigenvalue weighted by molar-refractivity contribution is 5.97. The van der Waals surface area contributed by atoms with Gasteiger partial charge in [-0.25, -0.2) is 0 Å². The van der Waals surface area contributed by atoms with Gasteiger partial charge in [0, 0.05) is 23.7 Å². The van der Waals surface area contributed by atoms with Crippen molar-refractivity contribution in [2.24, 2.45) is 0 Å². The predicted molar refractivity (Wildman–Crippen MR) is 81.5 cm³/mol. The van der Waals surface area contributed by atoms with E-state index in [-0.39, 0.29) is 11.5 Å². The molecule has 0 spiro atoms. The molecule has 0 N–H and O–H groups in total. The minimum atomic E-state index is -0.448. The van der Waals surface area contributed by atoms with Crippen LogP contribution in [-0.4, -0.2) is 34.7 Å². The van der Waals surface area contributed by atoms with Crippen LogP contribution in [0.4, 0.5) is 5.69 Å². The van der Waals surface area contributed by atoms with Gasteiger partial charge in [-0.1, -0.05) is 19.8 Å². The summed E-state index contributed by atoms with van der Waals surface area (Å²) < 4.78 is 0. The van der Waals surface area contributed by atoms with Crippen molar-refractivity contribution >= 4 is 11.5 Å². The highest BCUT2D eigenvalue weighted by Gasteiger charge is 2.22. The molecular formula is C16H22N2O3. The van der Waals surface area contributed by atoms with Gasteiger partial charge in [-0.3, -0.25) is 19.8 Å². The van der Waals surface area contributed by atoms with Crippen LogP contribution < -0.4 is 0 Å². The molecule has 0 aliphatic carbocycles.